The van der Waals surface area contributed by atoms with Gasteiger partial charge in [-0.1, -0.05) is 6.08 Å². The van der Waals surface area contributed by atoms with E-state index in [1.807, 2.05) is 6.92 Å². The zero-order valence-electron chi connectivity index (χ0n) is 6.72. The molecule has 0 aromatic rings. The quantitative estimate of drug-likeness (QED) is 0.697. The highest BCUT2D eigenvalue weighted by Crippen LogP contribution is 2.26. The second-order valence-corrected chi connectivity index (χ2v) is 3.66. The number of carbonyl (C=O) groups is 1. The highest BCUT2D eigenvalue weighted by atomic mass is 32.2. The van der Waals surface area contributed by atoms with Crippen molar-refractivity contribution in [2.75, 3.05) is 12.3 Å². The summed E-state index contributed by atoms with van der Waals surface area (Å²) in [5, 5.41) is 2.78. The van der Waals surface area contributed by atoms with E-state index in [1.54, 1.807) is 11.8 Å². The molecule has 11 heavy (non-hydrogen) atoms. The van der Waals surface area contributed by atoms with E-state index >= 15 is 0 Å². The van der Waals surface area contributed by atoms with Crippen molar-refractivity contribution in [2.24, 2.45) is 0 Å². The van der Waals surface area contributed by atoms with Gasteiger partial charge in [0.2, 0.25) is 5.91 Å². The summed E-state index contributed by atoms with van der Waals surface area (Å²) in [5.41, 5.74) is 0. The Morgan fingerprint density at radius 3 is 3.18 bits per heavy atom. The first-order chi connectivity index (χ1) is 5.33. The van der Waals surface area contributed by atoms with E-state index in [-0.39, 0.29) is 5.91 Å². The van der Waals surface area contributed by atoms with Gasteiger partial charge in [0.1, 0.15) is 0 Å². The molecule has 0 aromatic carbocycles. The van der Waals surface area contributed by atoms with Gasteiger partial charge in [0.25, 0.3) is 0 Å². The van der Waals surface area contributed by atoms with Crippen molar-refractivity contribution in [3.63, 3.8) is 0 Å². The largest absolute Gasteiger partial charge is 0.356 e. The van der Waals surface area contributed by atoms with Crippen LogP contribution in [0, 0.1) is 0 Å². The average molecular weight is 171 g/mol. The highest BCUT2D eigenvalue weighted by Gasteiger charge is 2.08. The molecule has 0 saturated heterocycles. The monoisotopic (exact) mass is 171 g/mol. The number of nitrogens with one attached hydrogen (secondary N) is 1. The maximum Gasteiger partial charge on any atom is 0.224 e. The van der Waals surface area contributed by atoms with Crippen molar-refractivity contribution >= 4 is 17.7 Å². The fourth-order valence-electron chi connectivity index (χ4n) is 1.01. The van der Waals surface area contributed by atoms with Gasteiger partial charge in [-0.25, -0.2) is 0 Å². The number of hydrogen-bond donors (Lipinski definition) is 1. The molecular formula is C8H13NOS. The Bertz CT molecular complexity index is 177. The van der Waals surface area contributed by atoms with Crippen LogP contribution in [-0.2, 0) is 4.79 Å². The van der Waals surface area contributed by atoms with Crippen molar-refractivity contribution in [3.8, 4) is 0 Å². The van der Waals surface area contributed by atoms with Crippen LogP contribution in [0.4, 0.5) is 0 Å². The number of thioether (sulfide) groups is 1. The van der Waals surface area contributed by atoms with Crippen LogP contribution >= 0.6 is 11.8 Å². The van der Waals surface area contributed by atoms with Gasteiger partial charge in [-0.05, 0) is 18.2 Å². The molecule has 0 atom stereocenters. The third-order valence-corrected chi connectivity index (χ3v) is 2.61. The zero-order chi connectivity index (χ0) is 8.10. The summed E-state index contributed by atoms with van der Waals surface area (Å²) in [6.07, 6.45) is 3.86. The van der Waals surface area contributed by atoms with E-state index in [0.29, 0.717) is 6.42 Å². The van der Waals surface area contributed by atoms with E-state index < -0.39 is 0 Å². The Kier molecular flexibility index (Phi) is 3.49. The minimum absolute atomic E-state index is 0.146. The van der Waals surface area contributed by atoms with Crippen LogP contribution in [-0.4, -0.2) is 18.2 Å². The summed E-state index contributed by atoms with van der Waals surface area (Å²) in [6.45, 7) is 2.67. The van der Waals surface area contributed by atoms with E-state index in [1.165, 1.54) is 4.91 Å². The van der Waals surface area contributed by atoms with E-state index in [2.05, 4.69) is 11.4 Å². The smallest absolute Gasteiger partial charge is 0.224 e. The first kappa shape index (κ1) is 8.65. The fourth-order valence-corrected chi connectivity index (χ4v) is 1.98. The molecule has 0 spiro atoms. The van der Waals surface area contributed by atoms with Crippen molar-refractivity contribution in [1.29, 1.82) is 0 Å². The average Bonchev–Trinajstić information content (AvgIpc) is 2.40. The third-order valence-electron chi connectivity index (χ3n) is 1.49. The summed E-state index contributed by atoms with van der Waals surface area (Å²) in [6, 6.07) is 0. The predicted octanol–water partition coefficient (Wildman–Crippen LogP) is 1.53. The van der Waals surface area contributed by atoms with Crippen molar-refractivity contribution in [2.45, 2.75) is 19.8 Å². The standard InChI is InChI=1S/C8H13NOS/c1-2-9-8(10)6-7-4-3-5-11-7/h4H,2-3,5-6H2,1H3,(H,9,10). The van der Waals surface area contributed by atoms with Crippen LogP contribution < -0.4 is 5.32 Å². The molecule has 0 fully saturated rings. The van der Waals surface area contributed by atoms with Crippen molar-refractivity contribution in [3.05, 3.63) is 11.0 Å². The molecule has 1 rings (SSSR count). The molecule has 1 aliphatic rings. The maximum absolute atomic E-state index is 11.0. The van der Waals surface area contributed by atoms with Crippen LogP contribution in [0.2, 0.25) is 0 Å². The normalized spacial score (nSPS) is 16.3. The lowest BCUT2D eigenvalue weighted by Gasteiger charge is -2.01. The molecule has 1 aliphatic heterocycles. The van der Waals surface area contributed by atoms with E-state index in [9.17, 15) is 4.79 Å². The summed E-state index contributed by atoms with van der Waals surface area (Å²) < 4.78 is 0. The third kappa shape index (κ3) is 2.97. The number of hydrogen-bond acceptors (Lipinski definition) is 2. The maximum atomic E-state index is 11.0. The summed E-state index contributed by atoms with van der Waals surface area (Å²) in [5.74, 6) is 1.29. The number of carbonyl (C=O) groups excluding carboxylic acids is 1. The molecule has 1 N–H and O–H groups in total. The number of rotatable bonds is 3. The van der Waals surface area contributed by atoms with Gasteiger partial charge >= 0.3 is 0 Å². The fraction of sp³-hybridized carbons (Fsp3) is 0.625. The highest BCUT2D eigenvalue weighted by molar-refractivity contribution is 8.03. The van der Waals surface area contributed by atoms with Crippen LogP contribution in [0.3, 0.4) is 0 Å². The lowest BCUT2D eigenvalue weighted by Crippen LogP contribution is -2.22. The second kappa shape index (κ2) is 4.44. The van der Waals surface area contributed by atoms with Gasteiger partial charge < -0.3 is 5.32 Å². The molecule has 0 aliphatic carbocycles. The predicted molar refractivity (Wildman–Crippen MR) is 48.5 cm³/mol. The van der Waals surface area contributed by atoms with Gasteiger partial charge in [-0.15, -0.1) is 11.8 Å². The Morgan fingerprint density at radius 1 is 1.82 bits per heavy atom. The summed E-state index contributed by atoms with van der Waals surface area (Å²) in [4.78, 5) is 12.3. The Morgan fingerprint density at radius 2 is 2.64 bits per heavy atom. The molecule has 0 bridgehead atoms. The van der Waals surface area contributed by atoms with Crippen molar-refractivity contribution < 1.29 is 4.79 Å². The Balaban J connectivity index is 2.24. The number of amides is 1. The zero-order valence-corrected chi connectivity index (χ0v) is 7.54. The lowest BCUT2D eigenvalue weighted by molar-refractivity contribution is -0.120. The first-order valence-electron chi connectivity index (χ1n) is 3.91. The molecule has 62 valence electrons. The minimum Gasteiger partial charge on any atom is -0.356 e. The molecule has 0 saturated carbocycles. The summed E-state index contributed by atoms with van der Waals surface area (Å²) in [7, 11) is 0. The van der Waals surface area contributed by atoms with Gasteiger partial charge in [0.15, 0.2) is 0 Å². The molecule has 2 nitrogen and oxygen atoms in total. The Hall–Kier alpha value is -0.440. The molecule has 0 unspecified atom stereocenters. The van der Waals surface area contributed by atoms with Crippen molar-refractivity contribution in [1.82, 2.24) is 5.32 Å². The van der Waals surface area contributed by atoms with Crippen LogP contribution in [0.1, 0.15) is 19.8 Å². The van der Waals surface area contributed by atoms with Gasteiger partial charge in [-0.2, -0.15) is 0 Å². The van der Waals surface area contributed by atoms with E-state index in [0.717, 1.165) is 18.7 Å². The molecule has 0 aromatic heterocycles. The molecule has 3 heteroatoms. The van der Waals surface area contributed by atoms with Gasteiger partial charge in [0, 0.05) is 12.3 Å². The number of allylic oxidation sites excluding steroid dienone is 1. The molecule has 1 heterocycles. The van der Waals surface area contributed by atoms with Gasteiger partial charge in [-0.3, -0.25) is 4.79 Å². The van der Waals surface area contributed by atoms with Crippen LogP contribution in [0.15, 0.2) is 11.0 Å². The molecular weight excluding hydrogens is 158 g/mol. The molecule has 1 amide bonds. The lowest BCUT2D eigenvalue weighted by atomic mass is 10.3. The topological polar surface area (TPSA) is 29.1 Å². The van der Waals surface area contributed by atoms with Crippen LogP contribution in [0.25, 0.3) is 0 Å². The SMILES string of the molecule is CCNC(=O)CC1=CCCS1. The van der Waals surface area contributed by atoms with Gasteiger partial charge in [0.05, 0.1) is 6.42 Å². The Labute approximate surface area is 71.4 Å². The van der Waals surface area contributed by atoms with Crippen LogP contribution in [0.5, 0.6) is 0 Å². The first-order valence-corrected chi connectivity index (χ1v) is 4.90. The molecule has 0 radical (unpaired) electrons. The second-order valence-electron chi connectivity index (χ2n) is 2.44. The van der Waals surface area contributed by atoms with E-state index in [4.69, 9.17) is 0 Å². The minimum atomic E-state index is 0.146. The summed E-state index contributed by atoms with van der Waals surface area (Å²) >= 11 is 1.80.